The predicted molar refractivity (Wildman–Crippen MR) is 74.7 cm³/mol. The Labute approximate surface area is 114 Å². The normalized spacial score (nSPS) is 19.4. The summed E-state index contributed by atoms with van der Waals surface area (Å²) in [6, 6.07) is 3.32. The SMILES string of the molecule is Cc1cc(S(N)(=O)=O)c(C)cc1OC1C=CCCC1. The van der Waals surface area contributed by atoms with E-state index in [9.17, 15) is 8.42 Å². The van der Waals surface area contributed by atoms with Crippen LogP contribution in [0.4, 0.5) is 0 Å². The molecule has 2 N–H and O–H groups in total. The zero-order chi connectivity index (χ0) is 14.0. The van der Waals surface area contributed by atoms with Gasteiger partial charge in [0.25, 0.3) is 0 Å². The average molecular weight is 281 g/mol. The highest BCUT2D eigenvalue weighted by Gasteiger charge is 2.16. The quantitative estimate of drug-likeness (QED) is 0.865. The van der Waals surface area contributed by atoms with Crippen molar-refractivity contribution in [2.45, 2.75) is 44.1 Å². The van der Waals surface area contributed by atoms with Gasteiger partial charge in [-0.25, -0.2) is 13.6 Å². The Hall–Kier alpha value is -1.33. The maximum Gasteiger partial charge on any atom is 0.238 e. The van der Waals surface area contributed by atoms with Gasteiger partial charge in [0, 0.05) is 0 Å². The molecule has 5 heteroatoms. The zero-order valence-electron chi connectivity index (χ0n) is 11.2. The molecule has 0 aliphatic heterocycles. The van der Waals surface area contributed by atoms with Crippen molar-refractivity contribution < 1.29 is 13.2 Å². The summed E-state index contributed by atoms with van der Waals surface area (Å²) in [6.45, 7) is 3.55. The van der Waals surface area contributed by atoms with Crippen LogP contribution < -0.4 is 9.88 Å². The smallest absolute Gasteiger partial charge is 0.238 e. The zero-order valence-corrected chi connectivity index (χ0v) is 12.0. The number of allylic oxidation sites excluding steroid dienone is 1. The van der Waals surface area contributed by atoms with E-state index in [0.29, 0.717) is 5.56 Å². The highest BCUT2D eigenvalue weighted by Crippen LogP contribution is 2.27. The third-order valence-corrected chi connectivity index (χ3v) is 4.32. The molecule has 0 radical (unpaired) electrons. The lowest BCUT2D eigenvalue weighted by molar-refractivity contribution is 0.228. The topological polar surface area (TPSA) is 69.4 Å². The fourth-order valence-electron chi connectivity index (χ4n) is 2.24. The Bertz CT molecular complexity index is 605. The van der Waals surface area contributed by atoms with Gasteiger partial charge in [-0.05, 0) is 62.4 Å². The first-order valence-electron chi connectivity index (χ1n) is 6.35. The highest BCUT2D eigenvalue weighted by atomic mass is 32.2. The Morgan fingerprint density at radius 3 is 2.58 bits per heavy atom. The van der Waals surface area contributed by atoms with Crippen LogP contribution in [0, 0.1) is 13.8 Å². The molecular formula is C14H19NO3S. The van der Waals surface area contributed by atoms with Gasteiger partial charge in [0.15, 0.2) is 0 Å². The summed E-state index contributed by atoms with van der Waals surface area (Å²) in [5.41, 5.74) is 1.40. The number of ether oxygens (including phenoxy) is 1. The van der Waals surface area contributed by atoms with E-state index in [1.165, 1.54) is 0 Å². The minimum atomic E-state index is -3.68. The number of hydrogen-bond acceptors (Lipinski definition) is 3. The summed E-state index contributed by atoms with van der Waals surface area (Å²) in [5, 5.41) is 5.18. The summed E-state index contributed by atoms with van der Waals surface area (Å²) >= 11 is 0. The van der Waals surface area contributed by atoms with Crippen molar-refractivity contribution >= 4 is 10.0 Å². The van der Waals surface area contributed by atoms with Crippen molar-refractivity contribution in [1.82, 2.24) is 0 Å². The van der Waals surface area contributed by atoms with Gasteiger partial charge >= 0.3 is 0 Å². The van der Waals surface area contributed by atoms with Gasteiger partial charge < -0.3 is 4.74 Å². The molecule has 19 heavy (non-hydrogen) atoms. The molecule has 1 aliphatic carbocycles. The summed E-state index contributed by atoms with van der Waals surface area (Å²) in [7, 11) is -3.68. The van der Waals surface area contributed by atoms with Gasteiger partial charge in [0.2, 0.25) is 10.0 Å². The molecule has 0 spiro atoms. The monoisotopic (exact) mass is 281 g/mol. The number of hydrogen-bond donors (Lipinski definition) is 1. The maximum atomic E-state index is 11.4. The van der Waals surface area contributed by atoms with Crippen LogP contribution in [0.2, 0.25) is 0 Å². The molecule has 0 aromatic heterocycles. The first-order valence-corrected chi connectivity index (χ1v) is 7.90. The largest absolute Gasteiger partial charge is 0.486 e. The Morgan fingerprint density at radius 2 is 2.00 bits per heavy atom. The molecule has 1 aromatic carbocycles. The average Bonchev–Trinajstić information content (AvgIpc) is 2.33. The van der Waals surface area contributed by atoms with Crippen molar-refractivity contribution in [3.05, 3.63) is 35.4 Å². The van der Waals surface area contributed by atoms with E-state index in [2.05, 4.69) is 12.2 Å². The summed E-state index contributed by atoms with van der Waals surface area (Å²) in [5.74, 6) is 0.724. The van der Waals surface area contributed by atoms with Crippen LogP contribution >= 0.6 is 0 Å². The molecule has 1 unspecified atom stereocenters. The molecule has 0 fully saturated rings. The number of aryl methyl sites for hydroxylation is 2. The fourth-order valence-corrected chi connectivity index (χ4v) is 3.09. The van der Waals surface area contributed by atoms with Crippen molar-refractivity contribution in [3.63, 3.8) is 0 Å². The molecule has 0 saturated heterocycles. The van der Waals surface area contributed by atoms with Gasteiger partial charge in [0.1, 0.15) is 11.9 Å². The molecule has 1 atom stereocenters. The van der Waals surface area contributed by atoms with E-state index in [4.69, 9.17) is 9.88 Å². The third-order valence-electron chi connectivity index (χ3n) is 3.27. The minimum Gasteiger partial charge on any atom is -0.486 e. The molecule has 0 heterocycles. The molecular weight excluding hydrogens is 262 g/mol. The number of benzene rings is 1. The Kier molecular flexibility index (Phi) is 3.96. The molecule has 0 saturated carbocycles. The van der Waals surface area contributed by atoms with Gasteiger partial charge in [0.05, 0.1) is 4.90 Å². The van der Waals surface area contributed by atoms with Crippen LogP contribution in [0.25, 0.3) is 0 Å². The van der Waals surface area contributed by atoms with Crippen LogP contribution in [0.5, 0.6) is 5.75 Å². The van der Waals surface area contributed by atoms with Gasteiger partial charge in [-0.1, -0.05) is 6.08 Å². The third kappa shape index (κ3) is 3.36. The van der Waals surface area contributed by atoms with E-state index in [1.54, 1.807) is 19.1 Å². The van der Waals surface area contributed by atoms with Crippen molar-refractivity contribution in [2.75, 3.05) is 0 Å². The van der Waals surface area contributed by atoms with Gasteiger partial charge in [-0.2, -0.15) is 0 Å². The van der Waals surface area contributed by atoms with E-state index in [1.807, 2.05) is 6.92 Å². The molecule has 1 aromatic rings. The first-order chi connectivity index (χ1) is 8.88. The number of primary sulfonamides is 1. The predicted octanol–water partition coefficient (Wildman–Crippen LogP) is 2.44. The van der Waals surface area contributed by atoms with Crippen LogP contribution in [-0.2, 0) is 10.0 Å². The molecule has 2 rings (SSSR count). The highest BCUT2D eigenvalue weighted by molar-refractivity contribution is 7.89. The Balaban J connectivity index is 2.30. The van der Waals surface area contributed by atoms with Crippen molar-refractivity contribution in [2.24, 2.45) is 5.14 Å². The molecule has 1 aliphatic rings. The van der Waals surface area contributed by atoms with E-state index in [-0.39, 0.29) is 11.0 Å². The van der Waals surface area contributed by atoms with Crippen LogP contribution in [0.3, 0.4) is 0 Å². The lowest BCUT2D eigenvalue weighted by atomic mass is 10.1. The van der Waals surface area contributed by atoms with Crippen LogP contribution in [0.1, 0.15) is 30.4 Å². The summed E-state index contributed by atoms with van der Waals surface area (Å²) < 4.78 is 28.8. The lowest BCUT2D eigenvalue weighted by Gasteiger charge is -2.20. The van der Waals surface area contributed by atoms with E-state index >= 15 is 0 Å². The second kappa shape index (κ2) is 5.35. The van der Waals surface area contributed by atoms with E-state index in [0.717, 1.165) is 30.6 Å². The first kappa shape index (κ1) is 14.1. The van der Waals surface area contributed by atoms with Crippen LogP contribution in [0.15, 0.2) is 29.2 Å². The standard InChI is InChI=1S/C14H19NO3S/c1-10-9-14(19(15,16)17)11(2)8-13(10)18-12-6-4-3-5-7-12/h4,6,8-9,12H,3,5,7H2,1-2H3,(H2,15,16,17). The Morgan fingerprint density at radius 1 is 1.26 bits per heavy atom. The van der Waals surface area contributed by atoms with Gasteiger partial charge in [-0.15, -0.1) is 0 Å². The molecule has 0 bridgehead atoms. The second-order valence-electron chi connectivity index (χ2n) is 4.94. The van der Waals surface area contributed by atoms with E-state index < -0.39 is 10.0 Å². The fraction of sp³-hybridized carbons (Fsp3) is 0.429. The lowest BCUT2D eigenvalue weighted by Crippen LogP contribution is -2.17. The number of rotatable bonds is 3. The van der Waals surface area contributed by atoms with Crippen molar-refractivity contribution in [3.8, 4) is 5.75 Å². The second-order valence-corrected chi connectivity index (χ2v) is 6.47. The van der Waals surface area contributed by atoms with Gasteiger partial charge in [-0.3, -0.25) is 0 Å². The van der Waals surface area contributed by atoms with Crippen LogP contribution in [-0.4, -0.2) is 14.5 Å². The van der Waals surface area contributed by atoms with Crippen molar-refractivity contribution in [1.29, 1.82) is 0 Å². The minimum absolute atomic E-state index is 0.0761. The number of nitrogens with two attached hydrogens (primary N) is 1. The summed E-state index contributed by atoms with van der Waals surface area (Å²) in [6.07, 6.45) is 7.47. The molecule has 0 amide bonds. The molecule has 4 nitrogen and oxygen atoms in total. The number of sulfonamides is 1. The maximum absolute atomic E-state index is 11.4. The summed E-state index contributed by atoms with van der Waals surface area (Å²) in [4.78, 5) is 0.163. The molecule has 104 valence electrons.